The molecule has 2 amide bonds. The van der Waals surface area contributed by atoms with E-state index in [0.717, 1.165) is 54.8 Å². The molecule has 0 bridgehead atoms. The van der Waals surface area contributed by atoms with Crippen LogP contribution >= 0.6 is 27.7 Å². The highest BCUT2D eigenvalue weighted by atomic mass is 79.9. The summed E-state index contributed by atoms with van der Waals surface area (Å²) in [7, 11) is 0. The van der Waals surface area contributed by atoms with Crippen LogP contribution in [-0.4, -0.2) is 46.9 Å². The van der Waals surface area contributed by atoms with E-state index in [9.17, 15) is 9.59 Å². The lowest BCUT2D eigenvalue weighted by Crippen LogP contribution is -2.41. The highest BCUT2D eigenvalue weighted by Crippen LogP contribution is 2.25. The Labute approximate surface area is 188 Å². The number of nitrogens with one attached hydrogen (secondary N) is 2. The zero-order valence-electron chi connectivity index (χ0n) is 16.5. The van der Waals surface area contributed by atoms with E-state index in [1.54, 1.807) is 0 Å². The van der Waals surface area contributed by atoms with Gasteiger partial charge in [0.15, 0.2) is 5.82 Å². The van der Waals surface area contributed by atoms with Crippen molar-refractivity contribution < 1.29 is 9.59 Å². The van der Waals surface area contributed by atoms with Gasteiger partial charge in [-0.2, -0.15) is 0 Å². The Bertz CT molecular complexity index is 899. The largest absolute Gasteiger partial charge is 0.355 e. The number of rotatable bonds is 7. The maximum Gasteiger partial charge on any atom is 0.234 e. The lowest BCUT2D eigenvalue weighted by Gasteiger charge is -2.31. The van der Waals surface area contributed by atoms with Crippen molar-refractivity contribution in [3.8, 4) is 0 Å². The van der Waals surface area contributed by atoms with Gasteiger partial charge in [-0.1, -0.05) is 33.8 Å². The number of amides is 2. The molecule has 7 nitrogen and oxygen atoms in total. The van der Waals surface area contributed by atoms with Crippen LogP contribution in [0.25, 0.3) is 0 Å². The molecule has 0 radical (unpaired) electrons. The maximum atomic E-state index is 12.2. The van der Waals surface area contributed by atoms with Gasteiger partial charge in [0.1, 0.15) is 5.03 Å². The molecule has 2 N–H and O–H groups in total. The number of piperidine rings is 1. The number of nitrogens with zero attached hydrogens (tertiary/aromatic N) is 3. The van der Waals surface area contributed by atoms with Crippen molar-refractivity contribution in [2.24, 2.45) is 5.92 Å². The first-order chi connectivity index (χ1) is 14.6. The third kappa shape index (κ3) is 5.95. The molecule has 0 atom stereocenters. The van der Waals surface area contributed by atoms with E-state index in [1.807, 2.05) is 36.4 Å². The summed E-state index contributed by atoms with van der Waals surface area (Å²) in [5.41, 5.74) is 0.755. The van der Waals surface area contributed by atoms with Gasteiger partial charge in [-0.15, -0.1) is 10.2 Å². The van der Waals surface area contributed by atoms with Crippen molar-refractivity contribution in [3.63, 3.8) is 0 Å². The van der Waals surface area contributed by atoms with Crippen molar-refractivity contribution >= 4 is 51.0 Å². The molecule has 2 aromatic rings. The maximum absolute atomic E-state index is 12.2. The van der Waals surface area contributed by atoms with E-state index in [0.29, 0.717) is 11.1 Å². The summed E-state index contributed by atoms with van der Waals surface area (Å²) in [6, 6.07) is 11.7. The Balaban J connectivity index is 1.22. The van der Waals surface area contributed by atoms with Crippen LogP contribution in [0.3, 0.4) is 0 Å². The highest BCUT2D eigenvalue weighted by molar-refractivity contribution is 9.10. The smallest absolute Gasteiger partial charge is 0.234 e. The molecule has 0 unspecified atom stereocenters. The lowest BCUT2D eigenvalue weighted by atomic mass is 9.96. The van der Waals surface area contributed by atoms with Gasteiger partial charge in [-0.25, -0.2) is 0 Å². The monoisotopic (exact) mass is 489 g/mol. The number of hydrogen-bond donors (Lipinski definition) is 2. The molecule has 1 aromatic heterocycles. The van der Waals surface area contributed by atoms with Crippen molar-refractivity contribution in [2.45, 2.75) is 36.8 Å². The molecule has 1 saturated heterocycles. The van der Waals surface area contributed by atoms with E-state index in [-0.39, 0.29) is 23.5 Å². The summed E-state index contributed by atoms with van der Waals surface area (Å²) in [6.07, 6.45) is 3.92. The Morgan fingerprint density at radius 1 is 1.10 bits per heavy atom. The third-order valence-corrected chi connectivity index (χ3v) is 6.61. The van der Waals surface area contributed by atoms with Gasteiger partial charge in [0, 0.05) is 35.2 Å². The second kappa shape index (κ2) is 9.78. The van der Waals surface area contributed by atoms with Crippen LogP contribution in [-0.2, 0) is 9.59 Å². The first kappa shape index (κ1) is 21.1. The molecule has 4 rings (SSSR count). The van der Waals surface area contributed by atoms with Crippen LogP contribution in [0.2, 0.25) is 0 Å². The molecule has 2 fully saturated rings. The molecular formula is C21H24BrN5O2S. The zero-order valence-corrected chi connectivity index (χ0v) is 18.9. The first-order valence-corrected chi connectivity index (χ1v) is 11.9. The minimum Gasteiger partial charge on any atom is -0.355 e. The number of aromatic nitrogens is 2. The molecule has 2 heterocycles. The number of carbonyl (C=O) groups excluding carboxylic acids is 2. The number of hydrogen-bond acceptors (Lipinski definition) is 6. The fraction of sp³-hybridized carbons (Fsp3) is 0.429. The Kier molecular flexibility index (Phi) is 6.89. The summed E-state index contributed by atoms with van der Waals surface area (Å²) >= 11 is 4.75. The van der Waals surface area contributed by atoms with Crippen molar-refractivity contribution in [3.05, 3.63) is 40.9 Å². The lowest BCUT2D eigenvalue weighted by molar-refractivity contribution is -0.125. The van der Waals surface area contributed by atoms with E-state index in [2.05, 4.69) is 41.7 Å². The molecule has 9 heteroatoms. The topological polar surface area (TPSA) is 87.2 Å². The van der Waals surface area contributed by atoms with E-state index in [4.69, 9.17) is 0 Å². The number of thioether (sulfide) groups is 1. The van der Waals surface area contributed by atoms with Gasteiger partial charge in [0.2, 0.25) is 11.8 Å². The minimum atomic E-state index is -0.0875. The van der Waals surface area contributed by atoms with Crippen LogP contribution in [0.15, 0.2) is 45.9 Å². The normalized spacial score (nSPS) is 16.9. The summed E-state index contributed by atoms with van der Waals surface area (Å²) in [5, 5.41) is 15.3. The summed E-state index contributed by atoms with van der Waals surface area (Å²) in [5.74, 6) is 1.31. The van der Waals surface area contributed by atoms with Gasteiger partial charge >= 0.3 is 0 Å². The summed E-state index contributed by atoms with van der Waals surface area (Å²) < 4.78 is 0.919. The Morgan fingerprint density at radius 2 is 1.90 bits per heavy atom. The van der Waals surface area contributed by atoms with Gasteiger partial charge in [-0.05, 0) is 56.0 Å². The molecule has 158 valence electrons. The molecule has 1 saturated carbocycles. The second-order valence-corrected chi connectivity index (χ2v) is 9.53. The van der Waals surface area contributed by atoms with Crippen LogP contribution in [0.4, 0.5) is 11.5 Å². The Morgan fingerprint density at radius 3 is 2.57 bits per heavy atom. The minimum absolute atomic E-state index is 0.0875. The molecule has 2 aliphatic rings. The number of benzene rings is 1. The van der Waals surface area contributed by atoms with E-state index >= 15 is 0 Å². The van der Waals surface area contributed by atoms with Gasteiger partial charge in [0.05, 0.1) is 5.75 Å². The first-order valence-electron chi connectivity index (χ1n) is 10.1. The quantitative estimate of drug-likeness (QED) is 0.579. The number of halogens is 1. The SMILES string of the molecule is O=C(CSc1ccc(N2CCC(C(=O)NC3CC3)CC2)nn1)Nc1cccc(Br)c1. The Hall–Kier alpha value is -2.13. The fourth-order valence-electron chi connectivity index (χ4n) is 3.38. The molecule has 30 heavy (non-hydrogen) atoms. The fourth-order valence-corrected chi connectivity index (χ4v) is 4.39. The predicted molar refractivity (Wildman–Crippen MR) is 122 cm³/mol. The van der Waals surface area contributed by atoms with Crippen molar-refractivity contribution in [1.29, 1.82) is 0 Å². The number of anilines is 2. The molecule has 1 aromatic carbocycles. The summed E-state index contributed by atoms with van der Waals surface area (Å²) in [4.78, 5) is 26.5. The van der Waals surface area contributed by atoms with Gasteiger partial charge < -0.3 is 15.5 Å². The average molecular weight is 490 g/mol. The van der Waals surface area contributed by atoms with Gasteiger partial charge in [0.25, 0.3) is 0 Å². The van der Waals surface area contributed by atoms with E-state index < -0.39 is 0 Å². The van der Waals surface area contributed by atoms with Crippen molar-refractivity contribution in [2.75, 3.05) is 29.1 Å². The molecule has 0 spiro atoms. The average Bonchev–Trinajstić information content (AvgIpc) is 3.57. The zero-order chi connectivity index (χ0) is 20.9. The van der Waals surface area contributed by atoms with Crippen LogP contribution < -0.4 is 15.5 Å². The number of carbonyl (C=O) groups is 2. The van der Waals surface area contributed by atoms with Crippen LogP contribution in [0, 0.1) is 5.92 Å². The predicted octanol–water partition coefficient (Wildman–Crippen LogP) is 3.46. The molecule has 1 aliphatic carbocycles. The van der Waals surface area contributed by atoms with Crippen LogP contribution in [0.1, 0.15) is 25.7 Å². The highest BCUT2D eigenvalue weighted by Gasteiger charge is 2.30. The summed E-state index contributed by atoms with van der Waals surface area (Å²) in [6.45, 7) is 1.61. The second-order valence-electron chi connectivity index (χ2n) is 7.62. The standard InChI is InChI=1S/C21H24BrN5O2S/c22-15-2-1-3-17(12-15)23-19(28)13-30-20-7-6-18(25-26-20)27-10-8-14(9-11-27)21(29)24-16-4-5-16/h1-3,6-7,12,14,16H,4-5,8-11,13H2,(H,23,28)(H,24,29). The molecular weight excluding hydrogens is 466 g/mol. The molecule has 1 aliphatic heterocycles. The third-order valence-electron chi connectivity index (χ3n) is 5.20. The van der Waals surface area contributed by atoms with Crippen molar-refractivity contribution in [1.82, 2.24) is 15.5 Å². The van der Waals surface area contributed by atoms with E-state index in [1.165, 1.54) is 11.8 Å². The van der Waals surface area contributed by atoms with Gasteiger partial charge in [-0.3, -0.25) is 9.59 Å². The van der Waals surface area contributed by atoms with Crippen LogP contribution in [0.5, 0.6) is 0 Å².